The molecule has 0 fully saturated rings. The van der Waals surface area contributed by atoms with Gasteiger partial charge in [0.05, 0.1) is 33.2 Å². The molecule has 0 atom stereocenters. The van der Waals surface area contributed by atoms with Gasteiger partial charge in [0, 0.05) is 0 Å². The molecule has 2 rings (SSSR count). The predicted molar refractivity (Wildman–Crippen MR) is 76.6 cm³/mol. The average Bonchev–Trinajstić information content (AvgIpc) is 2.45. The third-order valence-electron chi connectivity index (χ3n) is 2.81. The summed E-state index contributed by atoms with van der Waals surface area (Å²) in [6.45, 7) is 1.08. The molecule has 1 aromatic carbocycles. The summed E-state index contributed by atoms with van der Waals surface area (Å²) in [6.07, 6.45) is 1.40. The quantitative estimate of drug-likeness (QED) is 0.676. The maximum absolute atomic E-state index is 13.7. The fourth-order valence-corrected chi connectivity index (χ4v) is 2.04. The van der Waals surface area contributed by atoms with Crippen LogP contribution < -0.4 is 5.73 Å². The lowest BCUT2D eigenvalue weighted by atomic mass is 10.2. The summed E-state index contributed by atoms with van der Waals surface area (Å²) in [4.78, 5) is 15.8. The van der Waals surface area contributed by atoms with Crippen LogP contribution in [0.5, 0.6) is 0 Å². The Labute approximate surface area is 128 Å². The third-order valence-corrected chi connectivity index (χ3v) is 3.43. The van der Waals surface area contributed by atoms with Gasteiger partial charge in [0.2, 0.25) is 0 Å². The molecule has 1 heterocycles. The smallest absolute Gasteiger partial charge is 0.340 e. The van der Waals surface area contributed by atoms with Crippen LogP contribution in [0.3, 0.4) is 0 Å². The number of anilines is 1. The van der Waals surface area contributed by atoms with Crippen molar-refractivity contribution in [2.45, 2.75) is 13.5 Å². The van der Waals surface area contributed by atoms with Crippen molar-refractivity contribution >= 4 is 27.6 Å². The minimum atomic E-state index is -0.801. The van der Waals surface area contributed by atoms with E-state index in [1.807, 2.05) is 0 Å². The minimum Gasteiger partial charge on any atom is -0.457 e. The Balaban J connectivity index is 2.19. The molecular formula is C14H11BrF2N2O2. The first kappa shape index (κ1) is 15.4. The topological polar surface area (TPSA) is 65.2 Å². The summed E-state index contributed by atoms with van der Waals surface area (Å²) < 4.78 is 32.3. The number of aryl methyl sites for hydroxylation is 1. The Bertz CT molecular complexity index is 708. The molecule has 0 unspecified atom stereocenters. The normalized spacial score (nSPS) is 10.5. The molecule has 0 bridgehead atoms. The van der Waals surface area contributed by atoms with E-state index in [2.05, 4.69) is 20.9 Å². The molecule has 1 aromatic heterocycles. The van der Waals surface area contributed by atoms with Gasteiger partial charge in [-0.3, -0.25) is 4.98 Å². The van der Waals surface area contributed by atoms with E-state index in [-0.39, 0.29) is 15.6 Å². The monoisotopic (exact) mass is 356 g/mol. The van der Waals surface area contributed by atoms with Gasteiger partial charge in [-0.1, -0.05) is 0 Å². The van der Waals surface area contributed by atoms with Crippen LogP contribution in [0.4, 0.5) is 14.5 Å². The zero-order valence-corrected chi connectivity index (χ0v) is 12.6. The molecule has 2 aromatic rings. The number of rotatable bonds is 3. The maximum Gasteiger partial charge on any atom is 0.340 e. The molecule has 0 radical (unpaired) electrons. The highest BCUT2D eigenvalue weighted by Crippen LogP contribution is 2.22. The standard InChI is InChI=1S/C14H11BrF2N2O2/c1-7-9(4-8(18)5-19-7)14(20)21-6-10-12(16)3-2-11(15)13(10)17/h2-5H,6,18H2,1H3. The molecule has 0 amide bonds. The van der Waals surface area contributed by atoms with Crippen LogP contribution in [0.2, 0.25) is 0 Å². The van der Waals surface area contributed by atoms with E-state index in [1.54, 1.807) is 6.92 Å². The Hall–Kier alpha value is -2.02. The number of ether oxygens (including phenoxy) is 1. The molecule has 2 N–H and O–H groups in total. The number of nitrogen functional groups attached to an aromatic ring is 1. The number of hydrogen-bond donors (Lipinski definition) is 1. The average molecular weight is 357 g/mol. The van der Waals surface area contributed by atoms with E-state index in [1.165, 1.54) is 18.3 Å². The lowest BCUT2D eigenvalue weighted by molar-refractivity contribution is 0.0463. The molecule has 21 heavy (non-hydrogen) atoms. The van der Waals surface area contributed by atoms with Crippen LogP contribution in [0, 0.1) is 18.6 Å². The van der Waals surface area contributed by atoms with Crippen LogP contribution in [0.1, 0.15) is 21.6 Å². The van der Waals surface area contributed by atoms with Crippen molar-refractivity contribution in [1.82, 2.24) is 4.98 Å². The SMILES string of the molecule is Cc1ncc(N)cc1C(=O)OCc1c(F)ccc(Br)c1F. The first-order valence-corrected chi connectivity index (χ1v) is 6.71. The lowest BCUT2D eigenvalue weighted by Gasteiger charge is -2.09. The molecular weight excluding hydrogens is 346 g/mol. The fourth-order valence-electron chi connectivity index (χ4n) is 1.67. The van der Waals surface area contributed by atoms with E-state index in [4.69, 9.17) is 10.5 Å². The number of nitrogens with two attached hydrogens (primary N) is 1. The third kappa shape index (κ3) is 3.36. The van der Waals surface area contributed by atoms with Crippen molar-refractivity contribution in [3.05, 3.63) is 57.3 Å². The maximum atomic E-state index is 13.7. The Morgan fingerprint density at radius 1 is 1.43 bits per heavy atom. The molecule has 0 spiro atoms. The van der Waals surface area contributed by atoms with Crippen LogP contribution in [0.25, 0.3) is 0 Å². The Morgan fingerprint density at radius 2 is 2.14 bits per heavy atom. The summed E-state index contributed by atoms with van der Waals surface area (Å²) in [5.74, 6) is -2.33. The van der Waals surface area contributed by atoms with E-state index >= 15 is 0 Å². The summed E-state index contributed by atoms with van der Waals surface area (Å²) in [6, 6.07) is 3.73. The van der Waals surface area contributed by atoms with Crippen LogP contribution in [-0.2, 0) is 11.3 Å². The largest absolute Gasteiger partial charge is 0.457 e. The molecule has 0 aliphatic rings. The van der Waals surface area contributed by atoms with Gasteiger partial charge >= 0.3 is 5.97 Å². The summed E-state index contributed by atoms with van der Waals surface area (Å²) in [5.41, 5.74) is 6.09. The first-order chi connectivity index (χ1) is 9.90. The highest BCUT2D eigenvalue weighted by atomic mass is 79.9. The van der Waals surface area contributed by atoms with Gasteiger partial charge in [0.1, 0.15) is 18.2 Å². The van der Waals surface area contributed by atoms with E-state index in [0.717, 1.165) is 6.07 Å². The van der Waals surface area contributed by atoms with Crippen LogP contribution in [0.15, 0.2) is 28.9 Å². The van der Waals surface area contributed by atoms with E-state index in [9.17, 15) is 13.6 Å². The van der Waals surface area contributed by atoms with Gasteiger partial charge in [-0.05, 0) is 41.1 Å². The Morgan fingerprint density at radius 3 is 2.86 bits per heavy atom. The number of hydrogen-bond acceptors (Lipinski definition) is 4. The predicted octanol–water partition coefficient (Wildman–Crippen LogP) is 3.37. The number of carbonyl (C=O) groups is 1. The molecule has 7 heteroatoms. The van der Waals surface area contributed by atoms with E-state index < -0.39 is 24.2 Å². The number of esters is 1. The van der Waals surface area contributed by atoms with E-state index in [0.29, 0.717) is 11.4 Å². The van der Waals surface area contributed by atoms with Gasteiger partial charge in [-0.15, -0.1) is 0 Å². The number of nitrogens with zero attached hydrogens (tertiary/aromatic N) is 1. The summed E-state index contributed by atoms with van der Waals surface area (Å²) >= 11 is 2.94. The second kappa shape index (κ2) is 6.17. The van der Waals surface area contributed by atoms with Crippen molar-refractivity contribution in [2.75, 3.05) is 5.73 Å². The number of benzene rings is 1. The molecule has 0 aliphatic heterocycles. The van der Waals surface area contributed by atoms with Gasteiger partial charge < -0.3 is 10.5 Å². The zero-order valence-electron chi connectivity index (χ0n) is 11.0. The molecule has 4 nitrogen and oxygen atoms in total. The fraction of sp³-hybridized carbons (Fsp3) is 0.143. The number of pyridine rings is 1. The number of aromatic nitrogens is 1. The Kier molecular flexibility index (Phi) is 4.52. The number of halogens is 3. The second-order valence-corrected chi connectivity index (χ2v) is 5.15. The van der Waals surface area contributed by atoms with Crippen LogP contribution >= 0.6 is 15.9 Å². The van der Waals surface area contributed by atoms with Gasteiger partial charge in [-0.25, -0.2) is 13.6 Å². The highest BCUT2D eigenvalue weighted by molar-refractivity contribution is 9.10. The molecule has 0 aliphatic carbocycles. The lowest BCUT2D eigenvalue weighted by Crippen LogP contribution is -2.10. The molecule has 0 saturated heterocycles. The zero-order chi connectivity index (χ0) is 15.6. The van der Waals surface area contributed by atoms with Crippen molar-refractivity contribution in [2.24, 2.45) is 0 Å². The first-order valence-electron chi connectivity index (χ1n) is 5.91. The summed E-state index contributed by atoms with van der Waals surface area (Å²) in [5, 5.41) is 0. The number of carbonyl (C=O) groups excluding carboxylic acids is 1. The van der Waals surface area contributed by atoms with Crippen molar-refractivity contribution in [3.8, 4) is 0 Å². The molecule has 110 valence electrons. The van der Waals surface area contributed by atoms with Crippen molar-refractivity contribution < 1.29 is 18.3 Å². The van der Waals surface area contributed by atoms with Crippen molar-refractivity contribution in [1.29, 1.82) is 0 Å². The molecule has 0 saturated carbocycles. The van der Waals surface area contributed by atoms with Gasteiger partial charge in [0.25, 0.3) is 0 Å². The minimum absolute atomic E-state index is 0.0942. The van der Waals surface area contributed by atoms with Gasteiger partial charge in [-0.2, -0.15) is 0 Å². The second-order valence-electron chi connectivity index (χ2n) is 4.30. The van der Waals surface area contributed by atoms with Crippen LogP contribution in [-0.4, -0.2) is 11.0 Å². The van der Waals surface area contributed by atoms with Gasteiger partial charge in [0.15, 0.2) is 0 Å². The summed E-state index contributed by atoms with van der Waals surface area (Å²) in [7, 11) is 0. The highest BCUT2D eigenvalue weighted by Gasteiger charge is 2.17. The van der Waals surface area contributed by atoms with Crippen molar-refractivity contribution in [3.63, 3.8) is 0 Å².